The van der Waals surface area contributed by atoms with E-state index in [1.165, 1.54) is 11.1 Å². The summed E-state index contributed by atoms with van der Waals surface area (Å²) < 4.78 is 5.15. The molecule has 1 N–H and O–H groups in total. The molecule has 0 saturated heterocycles. The van der Waals surface area contributed by atoms with Crippen LogP contribution in [0, 0.1) is 6.92 Å². The van der Waals surface area contributed by atoms with Gasteiger partial charge >= 0.3 is 6.09 Å². The van der Waals surface area contributed by atoms with E-state index in [1.807, 2.05) is 30.3 Å². The molecular weight excluding hydrogens is 290 g/mol. The number of hydrogen-bond acceptors (Lipinski definition) is 3. The summed E-state index contributed by atoms with van der Waals surface area (Å²) >= 11 is 0. The first-order valence-corrected chi connectivity index (χ1v) is 7.74. The highest BCUT2D eigenvalue weighted by atomic mass is 16.5. The lowest BCUT2D eigenvalue weighted by molar-refractivity contribution is -0.126. The molecule has 0 heterocycles. The van der Waals surface area contributed by atoms with E-state index in [1.54, 1.807) is 0 Å². The zero-order valence-corrected chi connectivity index (χ0v) is 13.0. The molecule has 1 saturated carbocycles. The Bertz CT molecular complexity index is 722. The molecule has 0 aromatic heterocycles. The number of amides is 1. The van der Waals surface area contributed by atoms with Crippen LogP contribution in [0.3, 0.4) is 0 Å². The third-order valence-electron chi connectivity index (χ3n) is 4.04. The molecule has 1 aliphatic carbocycles. The molecule has 2 aromatic carbocycles. The summed E-state index contributed by atoms with van der Waals surface area (Å²) in [6.07, 6.45) is 0.718. The van der Waals surface area contributed by atoms with E-state index in [0.29, 0.717) is 12.8 Å². The van der Waals surface area contributed by atoms with Gasteiger partial charge < -0.3 is 10.1 Å². The first kappa shape index (κ1) is 15.3. The summed E-state index contributed by atoms with van der Waals surface area (Å²) in [5.41, 5.74) is 4.43. The first-order valence-electron chi connectivity index (χ1n) is 7.74. The molecule has 1 amide bonds. The lowest BCUT2D eigenvalue weighted by atomic mass is 9.91. The second-order valence-electron chi connectivity index (χ2n) is 5.84. The van der Waals surface area contributed by atoms with E-state index in [9.17, 15) is 9.59 Å². The van der Waals surface area contributed by atoms with Gasteiger partial charge in [-0.05, 0) is 30.0 Å². The Balaban J connectivity index is 1.55. The Hall–Kier alpha value is -2.62. The molecule has 4 nitrogen and oxygen atoms in total. The zero-order chi connectivity index (χ0) is 16.2. The maximum absolute atomic E-state index is 11.6. The van der Waals surface area contributed by atoms with Crippen LogP contribution in [-0.2, 0) is 16.1 Å². The van der Waals surface area contributed by atoms with E-state index in [-0.39, 0.29) is 18.4 Å². The predicted molar refractivity (Wildman–Crippen MR) is 88.0 cm³/mol. The minimum atomic E-state index is -0.536. The van der Waals surface area contributed by atoms with Crippen molar-refractivity contribution in [3.05, 3.63) is 59.7 Å². The van der Waals surface area contributed by atoms with Crippen LogP contribution in [0.5, 0.6) is 0 Å². The average molecular weight is 309 g/mol. The van der Waals surface area contributed by atoms with Crippen molar-refractivity contribution in [1.82, 2.24) is 5.32 Å². The number of alkyl carbamates (subject to hydrolysis) is 1. The van der Waals surface area contributed by atoms with Gasteiger partial charge in [0.15, 0.2) is 5.78 Å². The Kier molecular flexibility index (Phi) is 4.42. The van der Waals surface area contributed by atoms with Crippen LogP contribution >= 0.6 is 0 Å². The first-order chi connectivity index (χ1) is 11.1. The molecule has 0 bridgehead atoms. The van der Waals surface area contributed by atoms with Crippen molar-refractivity contribution in [2.75, 3.05) is 0 Å². The molecule has 23 heavy (non-hydrogen) atoms. The van der Waals surface area contributed by atoms with Crippen LogP contribution in [-0.4, -0.2) is 17.9 Å². The van der Waals surface area contributed by atoms with Crippen molar-refractivity contribution in [1.29, 1.82) is 0 Å². The molecule has 1 atom stereocenters. The fraction of sp³-hybridized carbons (Fsp3) is 0.263. The maximum atomic E-state index is 11.6. The largest absolute Gasteiger partial charge is 0.445 e. The van der Waals surface area contributed by atoms with Gasteiger partial charge in [-0.25, -0.2) is 4.79 Å². The maximum Gasteiger partial charge on any atom is 0.408 e. The summed E-state index contributed by atoms with van der Waals surface area (Å²) in [5, 5.41) is 2.57. The van der Waals surface area contributed by atoms with E-state index in [4.69, 9.17) is 4.74 Å². The number of aryl methyl sites for hydroxylation is 1. The number of carbonyl (C=O) groups excluding carboxylic acids is 2. The molecule has 0 aliphatic heterocycles. The van der Waals surface area contributed by atoms with Gasteiger partial charge in [0.25, 0.3) is 0 Å². The number of carbonyl (C=O) groups is 2. The molecule has 1 aliphatic rings. The molecule has 0 unspecified atom stereocenters. The van der Waals surface area contributed by atoms with Crippen LogP contribution in [0.25, 0.3) is 11.1 Å². The second-order valence-corrected chi connectivity index (χ2v) is 5.84. The van der Waals surface area contributed by atoms with Crippen LogP contribution in [0.1, 0.15) is 24.0 Å². The summed E-state index contributed by atoms with van der Waals surface area (Å²) in [4.78, 5) is 22.8. The van der Waals surface area contributed by atoms with Crippen molar-refractivity contribution >= 4 is 11.9 Å². The van der Waals surface area contributed by atoms with Crippen LogP contribution in [0.15, 0.2) is 48.5 Å². The summed E-state index contributed by atoms with van der Waals surface area (Å²) in [6.45, 7) is 2.26. The average Bonchev–Trinajstić information content (AvgIpc) is 2.57. The highest BCUT2D eigenvalue weighted by molar-refractivity contribution is 5.92. The molecule has 2 aromatic rings. The number of ketones is 1. The number of ether oxygens (including phenoxy) is 1. The van der Waals surface area contributed by atoms with Gasteiger partial charge in [0.05, 0.1) is 6.04 Å². The summed E-state index contributed by atoms with van der Waals surface area (Å²) in [6, 6.07) is 15.9. The molecule has 4 heteroatoms. The standard InChI is InChI=1S/C19H19NO3/c1-13-3-2-4-16(11-13)15-7-5-14(6-8-15)12-23-19(22)20-17-9-10-18(17)21/h2-8,11,17H,9-10,12H2,1H3,(H,20,22)/t17-/m0/s1. The van der Waals surface area contributed by atoms with Gasteiger partial charge in [0.2, 0.25) is 0 Å². The third kappa shape index (κ3) is 3.77. The molecule has 118 valence electrons. The van der Waals surface area contributed by atoms with Crippen LogP contribution in [0.4, 0.5) is 4.79 Å². The summed E-state index contributed by atoms with van der Waals surface area (Å²) in [5.74, 6) is 0.0736. The Morgan fingerprint density at radius 2 is 1.96 bits per heavy atom. The Labute approximate surface area is 135 Å². The van der Waals surface area contributed by atoms with Crippen LogP contribution in [0.2, 0.25) is 0 Å². The monoisotopic (exact) mass is 309 g/mol. The fourth-order valence-electron chi connectivity index (χ4n) is 2.51. The van der Waals surface area contributed by atoms with E-state index < -0.39 is 6.09 Å². The Morgan fingerprint density at radius 3 is 2.57 bits per heavy atom. The molecule has 0 spiro atoms. The van der Waals surface area contributed by atoms with Crippen molar-refractivity contribution in [3.8, 4) is 11.1 Å². The quantitative estimate of drug-likeness (QED) is 0.938. The second kappa shape index (κ2) is 6.65. The van der Waals surface area contributed by atoms with Crippen LogP contribution < -0.4 is 5.32 Å². The normalized spacial score (nSPS) is 16.6. The van der Waals surface area contributed by atoms with Crippen molar-refractivity contribution in [2.24, 2.45) is 0 Å². The van der Waals surface area contributed by atoms with Gasteiger partial charge in [0.1, 0.15) is 6.61 Å². The minimum Gasteiger partial charge on any atom is -0.445 e. The molecule has 0 radical (unpaired) electrons. The number of rotatable bonds is 4. The highest BCUT2D eigenvalue weighted by Gasteiger charge is 2.29. The lowest BCUT2D eigenvalue weighted by Gasteiger charge is -2.24. The molecule has 1 fully saturated rings. The zero-order valence-electron chi connectivity index (χ0n) is 13.0. The molecular formula is C19H19NO3. The van der Waals surface area contributed by atoms with Gasteiger partial charge in [-0.3, -0.25) is 4.79 Å². The Morgan fingerprint density at radius 1 is 1.17 bits per heavy atom. The van der Waals surface area contributed by atoms with Gasteiger partial charge in [-0.2, -0.15) is 0 Å². The predicted octanol–water partition coefficient (Wildman–Crippen LogP) is 3.62. The number of benzene rings is 2. The lowest BCUT2D eigenvalue weighted by Crippen LogP contribution is -2.47. The van der Waals surface area contributed by atoms with Gasteiger partial charge in [0, 0.05) is 6.42 Å². The minimum absolute atomic E-state index is 0.0736. The van der Waals surface area contributed by atoms with Gasteiger partial charge in [-0.15, -0.1) is 0 Å². The van der Waals surface area contributed by atoms with E-state index in [2.05, 4.69) is 30.4 Å². The van der Waals surface area contributed by atoms with E-state index in [0.717, 1.165) is 11.1 Å². The highest BCUT2D eigenvalue weighted by Crippen LogP contribution is 2.21. The third-order valence-corrected chi connectivity index (χ3v) is 4.04. The molecule has 3 rings (SSSR count). The smallest absolute Gasteiger partial charge is 0.408 e. The van der Waals surface area contributed by atoms with E-state index >= 15 is 0 Å². The van der Waals surface area contributed by atoms with Gasteiger partial charge in [-0.1, -0.05) is 54.1 Å². The van der Waals surface area contributed by atoms with Crippen molar-refractivity contribution in [3.63, 3.8) is 0 Å². The number of nitrogens with one attached hydrogen (secondary N) is 1. The summed E-state index contributed by atoms with van der Waals surface area (Å²) in [7, 11) is 0. The topological polar surface area (TPSA) is 55.4 Å². The fourth-order valence-corrected chi connectivity index (χ4v) is 2.51. The number of Topliss-reactive ketones (excluding diaryl/α,β-unsaturated/α-hetero) is 1. The van der Waals surface area contributed by atoms with Crippen molar-refractivity contribution in [2.45, 2.75) is 32.4 Å². The SMILES string of the molecule is Cc1cccc(-c2ccc(COC(=O)N[C@H]3CCC3=O)cc2)c1. The van der Waals surface area contributed by atoms with Crippen molar-refractivity contribution < 1.29 is 14.3 Å². The number of hydrogen-bond donors (Lipinski definition) is 1.